The lowest BCUT2D eigenvalue weighted by atomic mass is 9.94. The topological polar surface area (TPSA) is 61.4 Å². The van der Waals surface area contributed by atoms with Crippen LogP contribution in [0.5, 0.6) is 0 Å². The molecule has 0 spiro atoms. The summed E-state index contributed by atoms with van der Waals surface area (Å²) in [4.78, 5) is 26.7. The van der Waals surface area contributed by atoms with Gasteiger partial charge in [-0.25, -0.2) is 0 Å². The maximum absolute atomic E-state index is 12.3. The van der Waals surface area contributed by atoms with Crippen LogP contribution in [-0.4, -0.2) is 42.4 Å². The second kappa shape index (κ2) is 9.56. The SMILES string of the molecule is CCC(C)NC(=O)c1cccc(NC(=O)CN(C)C2CCCCC2)c1. The largest absolute Gasteiger partial charge is 0.350 e. The Morgan fingerprint density at radius 2 is 1.96 bits per heavy atom. The smallest absolute Gasteiger partial charge is 0.251 e. The van der Waals surface area contributed by atoms with E-state index in [4.69, 9.17) is 0 Å². The fourth-order valence-corrected chi connectivity index (χ4v) is 3.23. The molecular weight excluding hydrogens is 314 g/mol. The first-order valence-electron chi connectivity index (χ1n) is 9.40. The highest BCUT2D eigenvalue weighted by molar-refractivity contribution is 5.97. The summed E-state index contributed by atoms with van der Waals surface area (Å²) in [6.45, 7) is 4.39. The minimum Gasteiger partial charge on any atom is -0.350 e. The van der Waals surface area contributed by atoms with E-state index >= 15 is 0 Å². The molecule has 1 aromatic carbocycles. The van der Waals surface area contributed by atoms with Crippen LogP contribution in [0.2, 0.25) is 0 Å². The van der Waals surface area contributed by atoms with Gasteiger partial charge in [0.15, 0.2) is 0 Å². The summed E-state index contributed by atoms with van der Waals surface area (Å²) in [6.07, 6.45) is 7.05. The predicted octanol–water partition coefficient (Wildman–Crippen LogP) is 3.42. The monoisotopic (exact) mass is 345 g/mol. The summed E-state index contributed by atoms with van der Waals surface area (Å²) in [5.74, 6) is -0.141. The third-order valence-corrected chi connectivity index (χ3v) is 4.99. The zero-order valence-corrected chi connectivity index (χ0v) is 15.7. The van der Waals surface area contributed by atoms with Crippen LogP contribution in [0, 0.1) is 0 Å². The van der Waals surface area contributed by atoms with Crippen molar-refractivity contribution in [3.63, 3.8) is 0 Å². The van der Waals surface area contributed by atoms with Gasteiger partial charge in [-0.3, -0.25) is 14.5 Å². The van der Waals surface area contributed by atoms with E-state index in [0.29, 0.717) is 23.8 Å². The molecule has 0 bridgehead atoms. The molecule has 2 amide bonds. The van der Waals surface area contributed by atoms with Gasteiger partial charge in [-0.2, -0.15) is 0 Å². The Morgan fingerprint density at radius 3 is 2.64 bits per heavy atom. The molecule has 0 saturated heterocycles. The van der Waals surface area contributed by atoms with Crippen molar-refractivity contribution < 1.29 is 9.59 Å². The van der Waals surface area contributed by atoms with Crippen molar-refractivity contribution in [2.45, 2.75) is 64.5 Å². The zero-order valence-electron chi connectivity index (χ0n) is 15.7. The quantitative estimate of drug-likeness (QED) is 0.796. The molecule has 25 heavy (non-hydrogen) atoms. The molecule has 5 heteroatoms. The summed E-state index contributed by atoms with van der Waals surface area (Å²) < 4.78 is 0. The first kappa shape index (κ1) is 19.4. The number of hydrogen-bond donors (Lipinski definition) is 2. The molecule has 0 aliphatic heterocycles. The summed E-state index contributed by atoms with van der Waals surface area (Å²) in [5, 5.41) is 5.86. The molecular formula is C20H31N3O2. The lowest BCUT2D eigenvalue weighted by Gasteiger charge is -2.30. The Morgan fingerprint density at radius 1 is 1.24 bits per heavy atom. The molecule has 2 N–H and O–H groups in total. The Labute approximate surface area is 151 Å². The van der Waals surface area contributed by atoms with Crippen molar-refractivity contribution in [3.05, 3.63) is 29.8 Å². The maximum Gasteiger partial charge on any atom is 0.251 e. The maximum atomic E-state index is 12.3. The normalized spacial score (nSPS) is 16.5. The second-order valence-corrected chi connectivity index (χ2v) is 7.12. The number of hydrogen-bond acceptors (Lipinski definition) is 3. The summed E-state index contributed by atoms with van der Waals surface area (Å²) >= 11 is 0. The number of amides is 2. The van der Waals surface area contributed by atoms with E-state index in [9.17, 15) is 9.59 Å². The van der Waals surface area contributed by atoms with E-state index in [-0.39, 0.29) is 17.9 Å². The van der Waals surface area contributed by atoms with E-state index in [1.54, 1.807) is 18.2 Å². The van der Waals surface area contributed by atoms with Gasteiger partial charge in [-0.1, -0.05) is 32.3 Å². The van der Waals surface area contributed by atoms with Crippen LogP contribution in [0.4, 0.5) is 5.69 Å². The van der Waals surface area contributed by atoms with Crippen LogP contribution in [-0.2, 0) is 4.79 Å². The number of benzene rings is 1. The van der Waals surface area contributed by atoms with Gasteiger partial charge in [0.1, 0.15) is 0 Å². The van der Waals surface area contributed by atoms with E-state index in [1.807, 2.05) is 27.0 Å². The average Bonchev–Trinajstić information content (AvgIpc) is 2.62. The Kier molecular flexibility index (Phi) is 7.44. The molecule has 1 atom stereocenters. The molecule has 0 heterocycles. The lowest BCUT2D eigenvalue weighted by Crippen LogP contribution is -2.39. The van der Waals surface area contributed by atoms with Crippen LogP contribution < -0.4 is 10.6 Å². The van der Waals surface area contributed by atoms with Gasteiger partial charge in [0.05, 0.1) is 6.54 Å². The minimum atomic E-state index is -0.107. The molecule has 1 saturated carbocycles. The zero-order chi connectivity index (χ0) is 18.2. The van der Waals surface area contributed by atoms with Crippen LogP contribution in [0.25, 0.3) is 0 Å². The highest BCUT2D eigenvalue weighted by Gasteiger charge is 2.20. The number of rotatable bonds is 7. The van der Waals surface area contributed by atoms with E-state index in [0.717, 1.165) is 6.42 Å². The number of likely N-dealkylation sites (N-methyl/N-ethyl adjacent to an activating group) is 1. The summed E-state index contributed by atoms with van der Waals surface area (Å²) in [6, 6.07) is 7.75. The predicted molar refractivity (Wildman–Crippen MR) is 102 cm³/mol. The van der Waals surface area contributed by atoms with Crippen molar-refractivity contribution in [1.82, 2.24) is 10.2 Å². The van der Waals surface area contributed by atoms with Crippen LogP contribution in [0.15, 0.2) is 24.3 Å². The fraction of sp³-hybridized carbons (Fsp3) is 0.600. The van der Waals surface area contributed by atoms with Gasteiger partial charge in [0, 0.05) is 23.3 Å². The van der Waals surface area contributed by atoms with Crippen molar-refractivity contribution in [2.75, 3.05) is 18.9 Å². The van der Waals surface area contributed by atoms with E-state index in [2.05, 4.69) is 15.5 Å². The highest BCUT2D eigenvalue weighted by Crippen LogP contribution is 2.21. The molecule has 0 aromatic heterocycles. The average molecular weight is 345 g/mol. The number of carbonyl (C=O) groups excluding carboxylic acids is 2. The molecule has 1 unspecified atom stereocenters. The third-order valence-electron chi connectivity index (χ3n) is 4.99. The van der Waals surface area contributed by atoms with Crippen LogP contribution in [0.1, 0.15) is 62.7 Å². The number of nitrogens with zero attached hydrogens (tertiary/aromatic N) is 1. The van der Waals surface area contributed by atoms with Crippen LogP contribution in [0.3, 0.4) is 0 Å². The fourth-order valence-electron chi connectivity index (χ4n) is 3.23. The Balaban J connectivity index is 1.89. The molecule has 5 nitrogen and oxygen atoms in total. The van der Waals surface area contributed by atoms with Gasteiger partial charge in [-0.05, 0) is 51.4 Å². The molecule has 1 fully saturated rings. The number of carbonyl (C=O) groups is 2. The van der Waals surface area contributed by atoms with Gasteiger partial charge in [-0.15, -0.1) is 0 Å². The first-order valence-corrected chi connectivity index (χ1v) is 9.40. The molecule has 1 aliphatic carbocycles. The summed E-state index contributed by atoms with van der Waals surface area (Å²) in [7, 11) is 2.02. The highest BCUT2D eigenvalue weighted by atomic mass is 16.2. The Bertz CT molecular complexity index is 582. The number of anilines is 1. The Hall–Kier alpha value is -1.88. The van der Waals surface area contributed by atoms with Gasteiger partial charge in [0.25, 0.3) is 5.91 Å². The third kappa shape index (κ3) is 6.16. The number of nitrogens with one attached hydrogen (secondary N) is 2. The van der Waals surface area contributed by atoms with Crippen molar-refractivity contribution >= 4 is 17.5 Å². The first-order chi connectivity index (χ1) is 12.0. The van der Waals surface area contributed by atoms with E-state index in [1.165, 1.54) is 32.1 Å². The second-order valence-electron chi connectivity index (χ2n) is 7.12. The molecule has 2 rings (SSSR count). The summed E-state index contributed by atoms with van der Waals surface area (Å²) in [5.41, 5.74) is 1.23. The molecule has 138 valence electrons. The molecule has 1 aromatic rings. The minimum absolute atomic E-state index is 0.0347. The van der Waals surface area contributed by atoms with Gasteiger partial charge >= 0.3 is 0 Å². The molecule has 0 radical (unpaired) electrons. The van der Waals surface area contributed by atoms with Crippen molar-refractivity contribution in [1.29, 1.82) is 0 Å². The van der Waals surface area contributed by atoms with Crippen molar-refractivity contribution in [3.8, 4) is 0 Å². The van der Waals surface area contributed by atoms with E-state index < -0.39 is 0 Å². The van der Waals surface area contributed by atoms with Gasteiger partial charge < -0.3 is 10.6 Å². The standard InChI is InChI=1S/C20H31N3O2/c1-4-15(2)21-20(25)16-9-8-10-17(13-16)22-19(24)14-23(3)18-11-6-5-7-12-18/h8-10,13,15,18H,4-7,11-12,14H2,1-3H3,(H,21,25)(H,22,24). The molecule has 1 aliphatic rings. The van der Waals surface area contributed by atoms with Crippen LogP contribution >= 0.6 is 0 Å². The van der Waals surface area contributed by atoms with Gasteiger partial charge in [0.2, 0.25) is 5.91 Å². The lowest BCUT2D eigenvalue weighted by molar-refractivity contribution is -0.117. The van der Waals surface area contributed by atoms with Crippen molar-refractivity contribution in [2.24, 2.45) is 0 Å².